The average Bonchev–Trinajstić information content (AvgIpc) is 3.34. The Kier molecular flexibility index (Phi) is 9.14. The first kappa shape index (κ1) is 25.6. The molecular weight excluding hydrogens is 446 g/mol. The molecule has 2 aliphatic heterocycles. The van der Waals surface area contributed by atoms with Gasteiger partial charge in [0, 0.05) is 71.2 Å². The van der Waals surface area contributed by atoms with E-state index < -0.39 is 6.10 Å². The van der Waals surface area contributed by atoms with Gasteiger partial charge in [-0.1, -0.05) is 32.0 Å². The Balaban J connectivity index is 1.17. The molecule has 0 bridgehead atoms. The van der Waals surface area contributed by atoms with Crippen LogP contribution in [0.25, 0.3) is 0 Å². The van der Waals surface area contributed by atoms with Crippen molar-refractivity contribution in [3.05, 3.63) is 48.2 Å². The number of oxazole rings is 1. The quantitative estimate of drug-likeness (QED) is 0.545. The molecule has 1 unspecified atom stereocenters. The predicted octanol–water partition coefficient (Wildman–Crippen LogP) is 1.79. The zero-order valence-corrected chi connectivity index (χ0v) is 21.0. The van der Waals surface area contributed by atoms with Crippen LogP contribution in [0.15, 0.2) is 41.0 Å². The number of aliphatic hydroxyl groups excluding tert-OH is 1. The third-order valence-corrected chi connectivity index (χ3v) is 6.51. The highest BCUT2D eigenvalue weighted by atomic mass is 16.5. The minimum atomic E-state index is -0.463. The molecule has 1 N–H and O–H groups in total. The van der Waals surface area contributed by atoms with E-state index in [9.17, 15) is 9.90 Å². The van der Waals surface area contributed by atoms with E-state index in [1.54, 1.807) is 0 Å². The molecule has 192 valence electrons. The lowest BCUT2D eigenvalue weighted by atomic mass is 10.2. The molecule has 4 rings (SSSR count). The number of rotatable bonds is 10. The first-order valence-electron chi connectivity index (χ1n) is 12.7. The van der Waals surface area contributed by atoms with Crippen LogP contribution in [-0.2, 0) is 11.3 Å². The molecule has 1 amide bonds. The number of para-hydroxylation sites is 1. The number of β-amino-alcohol motifs (C(OH)–C–C–N with tert-alkyl or cyclic N) is 1. The zero-order chi connectivity index (χ0) is 24.6. The lowest BCUT2D eigenvalue weighted by molar-refractivity contribution is -0.000850. The Labute approximate surface area is 208 Å². The van der Waals surface area contributed by atoms with E-state index in [4.69, 9.17) is 9.15 Å². The van der Waals surface area contributed by atoms with Crippen LogP contribution in [-0.4, -0.2) is 109 Å². The number of nitrogens with zero attached hydrogens (tertiary/aromatic N) is 5. The molecule has 0 spiro atoms. The van der Waals surface area contributed by atoms with Gasteiger partial charge in [0.2, 0.25) is 5.89 Å². The lowest BCUT2D eigenvalue weighted by Crippen LogP contribution is -2.49. The average molecular weight is 486 g/mol. The van der Waals surface area contributed by atoms with E-state index in [1.807, 2.05) is 23.1 Å². The second kappa shape index (κ2) is 12.5. The Morgan fingerprint density at radius 2 is 1.69 bits per heavy atom. The molecule has 35 heavy (non-hydrogen) atoms. The zero-order valence-electron chi connectivity index (χ0n) is 21.0. The molecule has 0 saturated carbocycles. The normalized spacial score (nSPS) is 18.9. The smallest absolute Gasteiger partial charge is 0.275 e. The van der Waals surface area contributed by atoms with Crippen LogP contribution in [0.4, 0.5) is 5.69 Å². The second-order valence-corrected chi connectivity index (χ2v) is 9.90. The van der Waals surface area contributed by atoms with E-state index in [2.05, 4.69) is 45.7 Å². The summed E-state index contributed by atoms with van der Waals surface area (Å²) in [6.07, 6.45) is 1.03. The van der Waals surface area contributed by atoms with Gasteiger partial charge in [-0.25, -0.2) is 4.98 Å². The fourth-order valence-corrected chi connectivity index (χ4v) is 4.56. The molecule has 0 aliphatic carbocycles. The van der Waals surface area contributed by atoms with Gasteiger partial charge in [-0.2, -0.15) is 0 Å². The van der Waals surface area contributed by atoms with Crippen molar-refractivity contribution in [3.8, 4) is 0 Å². The summed E-state index contributed by atoms with van der Waals surface area (Å²) in [5.41, 5.74) is 1.58. The van der Waals surface area contributed by atoms with Crippen LogP contribution in [0, 0.1) is 5.92 Å². The molecule has 2 aromatic rings. The highest BCUT2D eigenvalue weighted by Gasteiger charge is 2.26. The maximum atomic E-state index is 12.9. The summed E-state index contributed by atoms with van der Waals surface area (Å²) in [7, 11) is 0. The summed E-state index contributed by atoms with van der Waals surface area (Å²) in [6.45, 7) is 12.9. The maximum absolute atomic E-state index is 12.9. The van der Waals surface area contributed by atoms with Crippen LogP contribution in [0.3, 0.4) is 0 Å². The monoisotopic (exact) mass is 485 g/mol. The van der Waals surface area contributed by atoms with Gasteiger partial charge in [0.05, 0.1) is 19.3 Å². The fraction of sp³-hybridized carbons (Fsp3) is 0.615. The van der Waals surface area contributed by atoms with Crippen molar-refractivity contribution in [1.29, 1.82) is 0 Å². The number of amides is 1. The van der Waals surface area contributed by atoms with Gasteiger partial charge in [0.25, 0.3) is 5.91 Å². The van der Waals surface area contributed by atoms with Gasteiger partial charge < -0.3 is 24.1 Å². The molecule has 2 fully saturated rings. The Morgan fingerprint density at radius 3 is 2.37 bits per heavy atom. The van der Waals surface area contributed by atoms with Crippen molar-refractivity contribution in [1.82, 2.24) is 19.7 Å². The SMILES string of the molecule is CC(C)COCC(O)CN1CCN(Cc2nc(C(=O)N3CCN(c4ccccc4)CC3)co2)CC1. The van der Waals surface area contributed by atoms with E-state index in [0.29, 0.717) is 56.9 Å². The summed E-state index contributed by atoms with van der Waals surface area (Å²) < 4.78 is 11.2. The Hall–Kier alpha value is -2.46. The van der Waals surface area contributed by atoms with Gasteiger partial charge in [-0.15, -0.1) is 0 Å². The van der Waals surface area contributed by atoms with E-state index in [1.165, 1.54) is 12.0 Å². The van der Waals surface area contributed by atoms with Crippen molar-refractivity contribution in [3.63, 3.8) is 0 Å². The second-order valence-electron chi connectivity index (χ2n) is 9.90. The number of benzene rings is 1. The van der Waals surface area contributed by atoms with Crippen molar-refractivity contribution in [2.45, 2.75) is 26.5 Å². The largest absolute Gasteiger partial charge is 0.447 e. The minimum absolute atomic E-state index is 0.0637. The molecule has 1 atom stereocenters. The summed E-state index contributed by atoms with van der Waals surface area (Å²) >= 11 is 0. The molecule has 1 aromatic carbocycles. The van der Waals surface area contributed by atoms with Crippen molar-refractivity contribution >= 4 is 11.6 Å². The van der Waals surface area contributed by atoms with Crippen LogP contribution < -0.4 is 4.90 Å². The van der Waals surface area contributed by atoms with E-state index in [0.717, 1.165) is 39.3 Å². The van der Waals surface area contributed by atoms with E-state index in [-0.39, 0.29) is 5.91 Å². The van der Waals surface area contributed by atoms with Crippen molar-refractivity contribution in [2.75, 3.05) is 77.0 Å². The van der Waals surface area contributed by atoms with Gasteiger partial charge in [-0.3, -0.25) is 14.6 Å². The lowest BCUT2D eigenvalue weighted by Gasteiger charge is -2.35. The molecule has 2 saturated heterocycles. The molecule has 9 heteroatoms. The fourth-order valence-electron chi connectivity index (χ4n) is 4.56. The Morgan fingerprint density at radius 1 is 1.00 bits per heavy atom. The minimum Gasteiger partial charge on any atom is -0.447 e. The highest BCUT2D eigenvalue weighted by molar-refractivity contribution is 5.92. The van der Waals surface area contributed by atoms with Crippen LogP contribution in [0.1, 0.15) is 30.2 Å². The third kappa shape index (κ3) is 7.51. The van der Waals surface area contributed by atoms with Crippen LogP contribution in [0.2, 0.25) is 0 Å². The number of ether oxygens (including phenoxy) is 1. The number of aromatic nitrogens is 1. The number of carbonyl (C=O) groups excluding carboxylic acids is 1. The van der Waals surface area contributed by atoms with Gasteiger partial charge in [0.1, 0.15) is 6.26 Å². The number of anilines is 1. The maximum Gasteiger partial charge on any atom is 0.275 e. The standard InChI is InChI=1S/C26H39N5O4/c1-21(2)18-34-19-23(32)16-28-8-10-29(11-9-28)17-25-27-24(20-35-25)26(33)31-14-12-30(13-15-31)22-6-4-3-5-7-22/h3-7,20-21,23,32H,8-19H2,1-2H3. The number of piperazine rings is 2. The molecule has 0 radical (unpaired) electrons. The Bertz CT molecular complexity index is 905. The molecule has 2 aliphatic rings. The highest BCUT2D eigenvalue weighted by Crippen LogP contribution is 2.17. The van der Waals surface area contributed by atoms with E-state index >= 15 is 0 Å². The molecule has 3 heterocycles. The van der Waals surface area contributed by atoms with Crippen molar-refractivity contribution in [2.24, 2.45) is 5.92 Å². The number of hydrogen-bond acceptors (Lipinski definition) is 8. The first-order valence-corrected chi connectivity index (χ1v) is 12.7. The number of carbonyl (C=O) groups is 1. The van der Waals surface area contributed by atoms with Gasteiger partial charge in [0.15, 0.2) is 5.69 Å². The topological polar surface area (TPSA) is 85.5 Å². The predicted molar refractivity (Wildman–Crippen MR) is 134 cm³/mol. The summed E-state index contributed by atoms with van der Waals surface area (Å²) in [5.74, 6) is 0.986. The molecular formula is C26H39N5O4. The van der Waals surface area contributed by atoms with Gasteiger partial charge >= 0.3 is 0 Å². The third-order valence-electron chi connectivity index (χ3n) is 6.51. The number of hydrogen-bond donors (Lipinski definition) is 1. The summed E-state index contributed by atoms with van der Waals surface area (Å²) in [4.78, 5) is 26.1. The summed E-state index contributed by atoms with van der Waals surface area (Å²) in [6, 6.07) is 10.3. The van der Waals surface area contributed by atoms with Crippen molar-refractivity contribution < 1.29 is 19.1 Å². The molecule has 1 aromatic heterocycles. The van der Waals surface area contributed by atoms with Gasteiger partial charge in [-0.05, 0) is 18.1 Å². The first-order chi connectivity index (χ1) is 17.0. The number of aliphatic hydroxyl groups is 1. The summed E-state index contributed by atoms with van der Waals surface area (Å²) in [5, 5.41) is 10.2. The van der Waals surface area contributed by atoms with Crippen LogP contribution >= 0.6 is 0 Å². The molecule has 9 nitrogen and oxygen atoms in total. The van der Waals surface area contributed by atoms with Crippen LogP contribution in [0.5, 0.6) is 0 Å².